The van der Waals surface area contributed by atoms with Gasteiger partial charge >= 0.3 is 5.97 Å². The number of carbonyl (C=O) groups is 1. The molecule has 1 aromatic rings. The van der Waals surface area contributed by atoms with Crippen LogP contribution in [0.25, 0.3) is 0 Å². The van der Waals surface area contributed by atoms with E-state index in [1.54, 1.807) is 13.0 Å². The Labute approximate surface area is 124 Å². The lowest BCUT2D eigenvalue weighted by atomic mass is 10.1. The molecule has 0 radical (unpaired) electrons. The molecular formula is C14H19ClO4S. The van der Waals surface area contributed by atoms with E-state index in [1.807, 2.05) is 20.8 Å². The molecule has 1 unspecified atom stereocenters. The maximum Gasteiger partial charge on any atom is 0.338 e. The molecule has 112 valence electrons. The molecule has 0 spiro atoms. The summed E-state index contributed by atoms with van der Waals surface area (Å²) < 4.78 is 27.9. The SMILES string of the molecule is Cc1ccc(S(=O)(=O)Cl)cc1C(=O)OC(C)CC(C)C. The minimum Gasteiger partial charge on any atom is -0.459 e. The third-order valence-electron chi connectivity index (χ3n) is 2.82. The molecule has 0 aliphatic carbocycles. The summed E-state index contributed by atoms with van der Waals surface area (Å²) in [6.45, 7) is 7.61. The van der Waals surface area contributed by atoms with Crippen LogP contribution in [0.3, 0.4) is 0 Å². The van der Waals surface area contributed by atoms with E-state index >= 15 is 0 Å². The van der Waals surface area contributed by atoms with Gasteiger partial charge in [0.05, 0.1) is 16.6 Å². The Balaban J connectivity index is 2.98. The molecule has 20 heavy (non-hydrogen) atoms. The molecule has 4 nitrogen and oxygen atoms in total. The standard InChI is InChI=1S/C14H19ClO4S/c1-9(2)7-11(4)19-14(16)13-8-12(20(15,17)18)6-5-10(13)3/h5-6,8-9,11H,7H2,1-4H3. The molecule has 0 saturated heterocycles. The van der Waals surface area contributed by atoms with Crippen molar-refractivity contribution < 1.29 is 17.9 Å². The molecule has 0 aliphatic rings. The van der Waals surface area contributed by atoms with E-state index in [1.165, 1.54) is 12.1 Å². The minimum atomic E-state index is -3.86. The number of rotatable bonds is 5. The van der Waals surface area contributed by atoms with Crippen molar-refractivity contribution in [1.82, 2.24) is 0 Å². The molecule has 1 atom stereocenters. The minimum absolute atomic E-state index is 0.103. The van der Waals surface area contributed by atoms with Crippen LogP contribution >= 0.6 is 10.7 Å². The van der Waals surface area contributed by atoms with Crippen molar-refractivity contribution in [3.63, 3.8) is 0 Å². The first-order chi connectivity index (χ1) is 9.11. The number of aryl methyl sites for hydroxylation is 1. The molecular weight excluding hydrogens is 300 g/mol. The first-order valence-electron chi connectivity index (χ1n) is 6.37. The van der Waals surface area contributed by atoms with Crippen LogP contribution in [0.1, 0.15) is 43.1 Å². The maximum absolute atomic E-state index is 12.1. The second kappa shape index (κ2) is 6.59. The number of ether oxygens (including phenoxy) is 1. The highest BCUT2D eigenvalue weighted by Crippen LogP contribution is 2.20. The van der Waals surface area contributed by atoms with Gasteiger partial charge in [-0.05, 0) is 43.9 Å². The van der Waals surface area contributed by atoms with Crippen LogP contribution in [0.15, 0.2) is 23.1 Å². The zero-order valence-electron chi connectivity index (χ0n) is 12.0. The summed E-state index contributed by atoms with van der Waals surface area (Å²) in [7, 11) is 1.42. The summed E-state index contributed by atoms with van der Waals surface area (Å²) in [4.78, 5) is 12.0. The van der Waals surface area contributed by atoms with Gasteiger partial charge in [-0.1, -0.05) is 19.9 Å². The van der Waals surface area contributed by atoms with E-state index in [9.17, 15) is 13.2 Å². The zero-order chi connectivity index (χ0) is 15.5. The van der Waals surface area contributed by atoms with Crippen LogP contribution in [0.5, 0.6) is 0 Å². The van der Waals surface area contributed by atoms with Gasteiger partial charge in [0.1, 0.15) is 0 Å². The predicted octanol–water partition coefficient (Wildman–Crippen LogP) is 3.51. The number of hydrogen-bond acceptors (Lipinski definition) is 4. The van der Waals surface area contributed by atoms with Crippen LogP contribution in [-0.4, -0.2) is 20.5 Å². The second-order valence-electron chi connectivity index (χ2n) is 5.26. The van der Waals surface area contributed by atoms with Crippen molar-refractivity contribution in [3.05, 3.63) is 29.3 Å². The third kappa shape index (κ3) is 4.80. The van der Waals surface area contributed by atoms with Crippen molar-refractivity contribution in [2.45, 2.75) is 45.1 Å². The van der Waals surface area contributed by atoms with Gasteiger partial charge in [0, 0.05) is 10.7 Å². The van der Waals surface area contributed by atoms with Crippen molar-refractivity contribution >= 4 is 25.7 Å². The van der Waals surface area contributed by atoms with Crippen LogP contribution < -0.4 is 0 Å². The van der Waals surface area contributed by atoms with Gasteiger partial charge in [0.25, 0.3) is 9.05 Å². The zero-order valence-corrected chi connectivity index (χ0v) is 13.6. The number of carbonyl (C=O) groups excluding carboxylic acids is 1. The highest BCUT2D eigenvalue weighted by Gasteiger charge is 2.19. The Morgan fingerprint density at radius 2 is 1.90 bits per heavy atom. The fourth-order valence-corrected chi connectivity index (χ4v) is 2.71. The Morgan fingerprint density at radius 3 is 2.40 bits per heavy atom. The average molecular weight is 319 g/mol. The molecule has 0 amide bonds. The smallest absolute Gasteiger partial charge is 0.338 e. The fourth-order valence-electron chi connectivity index (χ4n) is 1.93. The number of benzene rings is 1. The van der Waals surface area contributed by atoms with Crippen molar-refractivity contribution in [2.24, 2.45) is 5.92 Å². The summed E-state index contributed by atoms with van der Waals surface area (Å²) in [5.41, 5.74) is 0.873. The van der Waals surface area contributed by atoms with Gasteiger partial charge in [-0.3, -0.25) is 0 Å². The lowest BCUT2D eigenvalue weighted by molar-refractivity contribution is 0.0298. The molecule has 1 aromatic carbocycles. The summed E-state index contributed by atoms with van der Waals surface area (Å²) in [6.07, 6.45) is 0.524. The van der Waals surface area contributed by atoms with E-state index in [2.05, 4.69) is 0 Å². The van der Waals surface area contributed by atoms with Crippen molar-refractivity contribution in [3.8, 4) is 0 Å². The highest BCUT2D eigenvalue weighted by molar-refractivity contribution is 8.13. The highest BCUT2D eigenvalue weighted by atomic mass is 35.7. The number of esters is 1. The van der Waals surface area contributed by atoms with Crippen LogP contribution in [0, 0.1) is 12.8 Å². The molecule has 0 saturated carbocycles. The van der Waals surface area contributed by atoms with Gasteiger partial charge in [-0.15, -0.1) is 0 Å². The molecule has 0 aliphatic heterocycles. The van der Waals surface area contributed by atoms with Crippen molar-refractivity contribution in [2.75, 3.05) is 0 Å². The van der Waals surface area contributed by atoms with E-state index in [0.29, 0.717) is 11.5 Å². The molecule has 0 fully saturated rings. The Hall–Kier alpha value is -1.07. The number of hydrogen-bond donors (Lipinski definition) is 0. The summed E-state index contributed by atoms with van der Waals surface area (Å²) in [5.74, 6) is -0.119. The van der Waals surface area contributed by atoms with Crippen LogP contribution in [0.2, 0.25) is 0 Å². The summed E-state index contributed by atoms with van der Waals surface area (Å²) >= 11 is 0. The quantitative estimate of drug-likeness (QED) is 0.615. The molecule has 6 heteroatoms. The van der Waals surface area contributed by atoms with Crippen molar-refractivity contribution in [1.29, 1.82) is 0 Å². The Morgan fingerprint density at radius 1 is 1.30 bits per heavy atom. The summed E-state index contributed by atoms with van der Waals surface area (Å²) in [5, 5.41) is 0. The Bertz CT molecular complexity index is 593. The molecule has 0 heterocycles. The first-order valence-corrected chi connectivity index (χ1v) is 8.68. The molecule has 0 aromatic heterocycles. The third-order valence-corrected chi connectivity index (χ3v) is 4.17. The van der Waals surface area contributed by atoms with Gasteiger partial charge in [0.15, 0.2) is 0 Å². The molecule has 0 N–H and O–H groups in total. The monoisotopic (exact) mass is 318 g/mol. The normalized spacial score (nSPS) is 13.3. The maximum atomic E-state index is 12.1. The second-order valence-corrected chi connectivity index (χ2v) is 7.83. The molecule has 0 bridgehead atoms. The van der Waals surface area contributed by atoms with Crippen LogP contribution in [0.4, 0.5) is 0 Å². The molecule has 1 rings (SSSR count). The van der Waals surface area contributed by atoms with Gasteiger partial charge in [-0.2, -0.15) is 0 Å². The van der Waals surface area contributed by atoms with Gasteiger partial charge in [-0.25, -0.2) is 13.2 Å². The number of halogens is 1. The summed E-state index contributed by atoms with van der Waals surface area (Å²) in [6, 6.07) is 4.16. The largest absolute Gasteiger partial charge is 0.459 e. The van der Waals surface area contributed by atoms with Gasteiger partial charge in [0.2, 0.25) is 0 Å². The van der Waals surface area contributed by atoms with E-state index in [-0.39, 0.29) is 16.6 Å². The van der Waals surface area contributed by atoms with E-state index < -0.39 is 15.0 Å². The Kier molecular flexibility index (Phi) is 5.59. The first kappa shape index (κ1) is 17.0. The van der Waals surface area contributed by atoms with E-state index in [0.717, 1.165) is 6.42 Å². The average Bonchev–Trinajstić information content (AvgIpc) is 2.26. The lowest BCUT2D eigenvalue weighted by Gasteiger charge is -2.16. The topological polar surface area (TPSA) is 60.4 Å². The van der Waals surface area contributed by atoms with E-state index in [4.69, 9.17) is 15.4 Å². The van der Waals surface area contributed by atoms with Crippen LogP contribution in [-0.2, 0) is 13.8 Å². The fraction of sp³-hybridized carbons (Fsp3) is 0.500. The predicted molar refractivity (Wildman–Crippen MR) is 78.6 cm³/mol. The lowest BCUT2D eigenvalue weighted by Crippen LogP contribution is -2.18. The van der Waals surface area contributed by atoms with Gasteiger partial charge < -0.3 is 4.74 Å².